The van der Waals surface area contributed by atoms with Crippen molar-refractivity contribution in [1.82, 2.24) is 4.98 Å². The summed E-state index contributed by atoms with van der Waals surface area (Å²) < 4.78 is 80.8. The van der Waals surface area contributed by atoms with E-state index in [2.05, 4.69) is 4.98 Å². The summed E-state index contributed by atoms with van der Waals surface area (Å²) in [6, 6.07) is 7.59. The van der Waals surface area contributed by atoms with E-state index in [1.165, 1.54) is 12.3 Å². The number of ether oxygens (including phenoxy) is 2. The van der Waals surface area contributed by atoms with Crippen molar-refractivity contribution in [2.75, 3.05) is 6.61 Å². The van der Waals surface area contributed by atoms with Crippen molar-refractivity contribution in [3.05, 3.63) is 87.6 Å². The van der Waals surface area contributed by atoms with Gasteiger partial charge in [0.15, 0.2) is 0 Å². The van der Waals surface area contributed by atoms with Crippen molar-refractivity contribution < 1.29 is 36.2 Å². The minimum Gasteiger partial charge on any atom is -0.473 e. The van der Waals surface area contributed by atoms with Crippen molar-refractivity contribution in [3.63, 3.8) is 0 Å². The molecule has 0 fully saturated rings. The monoisotopic (exact) mass is 512 g/mol. The van der Waals surface area contributed by atoms with Gasteiger partial charge in [-0.3, -0.25) is 0 Å². The van der Waals surface area contributed by atoms with E-state index in [-0.39, 0.29) is 35.5 Å². The van der Waals surface area contributed by atoms with E-state index < -0.39 is 41.1 Å². The van der Waals surface area contributed by atoms with E-state index in [4.69, 9.17) is 14.7 Å². The molecule has 0 saturated heterocycles. The lowest BCUT2D eigenvalue weighted by atomic mass is 9.95. The van der Waals surface area contributed by atoms with Gasteiger partial charge in [-0.15, -0.1) is 0 Å². The van der Waals surface area contributed by atoms with Crippen LogP contribution < -0.4 is 4.74 Å². The first-order valence-electron chi connectivity index (χ1n) is 11.2. The quantitative estimate of drug-likeness (QED) is 0.299. The zero-order valence-electron chi connectivity index (χ0n) is 19.2. The van der Waals surface area contributed by atoms with Crippen LogP contribution in [0.15, 0.2) is 48.2 Å². The fourth-order valence-electron chi connectivity index (χ4n) is 4.59. The number of pyridine rings is 1. The molecular formula is C27H17F5N2O3. The molecule has 0 aliphatic heterocycles. The minimum atomic E-state index is -4.95. The van der Waals surface area contributed by atoms with E-state index in [0.717, 1.165) is 34.9 Å². The Labute approximate surface area is 207 Å². The largest absolute Gasteiger partial charge is 0.473 e. The molecule has 1 heterocycles. The lowest BCUT2D eigenvalue weighted by Gasteiger charge is -2.17. The Balaban J connectivity index is 1.41. The molecule has 188 valence electrons. The highest BCUT2D eigenvalue weighted by Crippen LogP contribution is 2.56. The number of allylic oxidation sites excluding steroid dienone is 1. The zero-order chi connectivity index (χ0) is 26.5. The van der Waals surface area contributed by atoms with Crippen LogP contribution in [0.1, 0.15) is 34.7 Å². The molecule has 5 rings (SSSR count). The van der Waals surface area contributed by atoms with Crippen LogP contribution in [0.5, 0.6) is 5.88 Å². The first-order valence-corrected chi connectivity index (χ1v) is 11.2. The van der Waals surface area contributed by atoms with E-state index in [1.54, 1.807) is 19.1 Å². The second-order valence-corrected chi connectivity index (χ2v) is 8.57. The summed E-state index contributed by atoms with van der Waals surface area (Å²) in [5, 5.41) is 8.91. The third-order valence-electron chi connectivity index (χ3n) is 6.33. The molecule has 0 bridgehead atoms. The van der Waals surface area contributed by atoms with Crippen LogP contribution in [0.25, 0.3) is 16.7 Å². The summed E-state index contributed by atoms with van der Waals surface area (Å²) in [6.45, 7) is 1.55. The highest BCUT2D eigenvalue weighted by Gasteiger charge is 2.48. The number of nitriles is 1. The molecule has 3 aromatic rings. The van der Waals surface area contributed by atoms with Gasteiger partial charge in [0.2, 0.25) is 5.88 Å². The van der Waals surface area contributed by atoms with E-state index >= 15 is 0 Å². The number of hydrogen-bond donors (Lipinski definition) is 0. The zero-order valence-corrected chi connectivity index (χ0v) is 19.2. The molecule has 0 spiro atoms. The summed E-state index contributed by atoms with van der Waals surface area (Å²) in [7, 11) is 0. The molecule has 2 aliphatic rings. The predicted molar refractivity (Wildman–Crippen MR) is 121 cm³/mol. The van der Waals surface area contributed by atoms with E-state index in [9.17, 15) is 26.7 Å². The Morgan fingerprint density at radius 3 is 2.57 bits per heavy atom. The van der Waals surface area contributed by atoms with Crippen LogP contribution >= 0.6 is 0 Å². The predicted octanol–water partition coefficient (Wildman–Crippen LogP) is 6.00. The fourth-order valence-corrected chi connectivity index (χ4v) is 4.59. The minimum absolute atomic E-state index is 0.0247. The average Bonchev–Trinajstić information content (AvgIpc) is 3.44. The molecule has 0 unspecified atom stereocenters. The number of carbonyl (C=O) groups is 1. The summed E-state index contributed by atoms with van der Waals surface area (Å²) in [4.78, 5) is 16.2. The van der Waals surface area contributed by atoms with Gasteiger partial charge in [-0.2, -0.15) is 18.4 Å². The van der Waals surface area contributed by atoms with Gasteiger partial charge >= 0.3 is 12.1 Å². The summed E-state index contributed by atoms with van der Waals surface area (Å²) in [5.74, 6) is -2.46. The summed E-state index contributed by atoms with van der Waals surface area (Å²) in [6.07, 6.45) is -2.85. The highest BCUT2D eigenvalue weighted by atomic mass is 19.4. The van der Waals surface area contributed by atoms with Crippen LogP contribution in [0.2, 0.25) is 0 Å². The number of fused-ring (bicyclic) bond motifs is 3. The Kier molecular flexibility index (Phi) is 5.94. The van der Waals surface area contributed by atoms with Gasteiger partial charge in [0.1, 0.15) is 18.2 Å². The van der Waals surface area contributed by atoms with Crippen molar-refractivity contribution in [2.45, 2.75) is 26.1 Å². The number of aromatic nitrogens is 1. The average molecular weight is 512 g/mol. The maximum atomic E-state index is 14.7. The van der Waals surface area contributed by atoms with Crippen LogP contribution in [0.3, 0.4) is 0 Å². The summed E-state index contributed by atoms with van der Waals surface area (Å²) in [5.41, 5.74) is 0.566. The molecule has 0 saturated carbocycles. The Hall–Kier alpha value is -4.26. The number of rotatable bonds is 6. The maximum Gasteiger partial charge on any atom is 0.417 e. The fraction of sp³-hybridized carbons (Fsp3) is 0.222. The smallest absolute Gasteiger partial charge is 0.417 e. The van der Waals surface area contributed by atoms with Crippen molar-refractivity contribution in [2.24, 2.45) is 5.92 Å². The number of hydrogen-bond acceptors (Lipinski definition) is 5. The van der Waals surface area contributed by atoms with Crippen LogP contribution in [-0.2, 0) is 28.7 Å². The number of alkyl halides is 3. The first kappa shape index (κ1) is 24.4. The maximum absolute atomic E-state index is 14.7. The molecule has 10 heteroatoms. The van der Waals surface area contributed by atoms with Crippen molar-refractivity contribution in [1.29, 1.82) is 5.26 Å². The van der Waals surface area contributed by atoms with Gasteiger partial charge in [-0.05, 0) is 54.3 Å². The highest BCUT2D eigenvalue weighted by molar-refractivity contribution is 6.12. The molecule has 2 aromatic carbocycles. The van der Waals surface area contributed by atoms with Gasteiger partial charge in [0.25, 0.3) is 0 Å². The lowest BCUT2D eigenvalue weighted by molar-refractivity contribution is -0.138. The second kappa shape index (κ2) is 9.00. The SMILES string of the molecule is CCOC(=O)C1=C2c3cnc(OCc4cc(-c5ccc(C#N)cc5F)c(C(F)(F)F)cc4F)cc3C[C@@H]12. The number of nitrogens with zero attached hydrogens (tertiary/aromatic N) is 2. The van der Waals surface area contributed by atoms with Gasteiger partial charge in [0, 0.05) is 40.4 Å². The van der Waals surface area contributed by atoms with Crippen molar-refractivity contribution >= 4 is 11.5 Å². The molecule has 0 amide bonds. The molecule has 0 radical (unpaired) electrons. The third kappa shape index (κ3) is 4.42. The van der Waals surface area contributed by atoms with Gasteiger partial charge < -0.3 is 9.47 Å². The van der Waals surface area contributed by atoms with Gasteiger partial charge in [0.05, 0.1) is 23.8 Å². The van der Waals surface area contributed by atoms with Crippen LogP contribution in [0.4, 0.5) is 22.0 Å². The van der Waals surface area contributed by atoms with Gasteiger partial charge in [-0.1, -0.05) is 6.07 Å². The van der Waals surface area contributed by atoms with Crippen molar-refractivity contribution in [3.8, 4) is 23.1 Å². The standard InChI is InChI=1S/C27H17F5N2O3/c1-2-36-26(35)25-18-6-14-8-23(34-11-19(14)24(18)25)37-12-15-7-17(20(9-21(15)28)27(30,31)32)16-4-3-13(10-33)5-22(16)29/h3-5,7-9,11,18H,2,6,12H2,1H3/t18-/m1/s1. The molecule has 1 atom stereocenters. The Bertz CT molecular complexity index is 1520. The number of benzene rings is 2. The van der Waals surface area contributed by atoms with Gasteiger partial charge in [-0.25, -0.2) is 18.6 Å². The second-order valence-electron chi connectivity index (χ2n) is 8.57. The Morgan fingerprint density at radius 1 is 1.11 bits per heavy atom. The Morgan fingerprint density at radius 2 is 1.89 bits per heavy atom. The molecular weight excluding hydrogens is 495 g/mol. The summed E-state index contributed by atoms with van der Waals surface area (Å²) >= 11 is 0. The molecule has 0 N–H and O–H groups in total. The normalized spacial score (nSPS) is 15.6. The number of esters is 1. The number of carbonyl (C=O) groups excluding carboxylic acids is 1. The van der Waals surface area contributed by atoms with E-state index in [1.807, 2.05) is 0 Å². The molecule has 2 aliphatic carbocycles. The van der Waals surface area contributed by atoms with E-state index in [0.29, 0.717) is 18.1 Å². The molecule has 37 heavy (non-hydrogen) atoms. The van der Waals surface area contributed by atoms with Crippen LogP contribution in [-0.4, -0.2) is 17.6 Å². The number of halogens is 5. The molecule has 1 aromatic heterocycles. The first-order chi connectivity index (χ1) is 17.6. The molecule has 5 nitrogen and oxygen atoms in total. The van der Waals surface area contributed by atoms with Crippen LogP contribution in [0, 0.1) is 28.9 Å². The third-order valence-corrected chi connectivity index (χ3v) is 6.33. The lowest BCUT2D eigenvalue weighted by Crippen LogP contribution is -2.11. The topological polar surface area (TPSA) is 72.2 Å².